The summed E-state index contributed by atoms with van der Waals surface area (Å²) in [5.74, 6) is -0.185. The van der Waals surface area contributed by atoms with Gasteiger partial charge < -0.3 is 10.1 Å². The number of aliphatic hydroxyl groups excluding tert-OH is 1. The van der Waals surface area contributed by atoms with Crippen LogP contribution in [0.5, 0.6) is 0 Å². The van der Waals surface area contributed by atoms with Crippen molar-refractivity contribution in [1.82, 2.24) is 9.97 Å². The monoisotopic (exact) mass is 270 g/mol. The van der Waals surface area contributed by atoms with Crippen molar-refractivity contribution in [2.24, 2.45) is 0 Å². The fourth-order valence-corrected chi connectivity index (χ4v) is 1.61. The predicted molar refractivity (Wildman–Crippen MR) is 61.2 cm³/mol. The largest absolute Gasteiger partial charge is 0.433 e. The van der Waals surface area contributed by atoms with Gasteiger partial charge in [0.05, 0.1) is 12.2 Å². The van der Waals surface area contributed by atoms with E-state index in [1.807, 2.05) is 0 Å². The lowest BCUT2D eigenvalue weighted by molar-refractivity contribution is -0.142. The van der Waals surface area contributed by atoms with Gasteiger partial charge in [0.1, 0.15) is 5.82 Å². The van der Waals surface area contributed by atoms with Crippen LogP contribution >= 0.6 is 0 Å². The molecule has 2 aromatic rings. The SMILES string of the molecule is O=c1[nH]c(-c2ccccc2)nc(C(F)(F)F)c1CO. The maximum Gasteiger partial charge on any atom is 0.433 e. The number of hydrogen-bond donors (Lipinski definition) is 2. The van der Waals surface area contributed by atoms with Crippen LogP contribution in [0.3, 0.4) is 0 Å². The van der Waals surface area contributed by atoms with Gasteiger partial charge in [0, 0.05) is 5.56 Å². The first-order valence-corrected chi connectivity index (χ1v) is 5.30. The van der Waals surface area contributed by atoms with Gasteiger partial charge >= 0.3 is 6.18 Å². The number of nitrogens with zero attached hydrogens (tertiary/aromatic N) is 1. The van der Waals surface area contributed by atoms with E-state index in [9.17, 15) is 18.0 Å². The molecule has 0 atom stereocenters. The van der Waals surface area contributed by atoms with E-state index in [0.717, 1.165) is 0 Å². The molecule has 0 aliphatic heterocycles. The molecule has 0 bridgehead atoms. The molecule has 0 fully saturated rings. The number of rotatable bonds is 2. The second kappa shape index (κ2) is 4.85. The average molecular weight is 270 g/mol. The molecule has 2 N–H and O–H groups in total. The van der Waals surface area contributed by atoms with Crippen LogP contribution in [0, 0.1) is 0 Å². The van der Waals surface area contributed by atoms with Crippen molar-refractivity contribution >= 4 is 0 Å². The Bertz CT molecular complexity index is 636. The van der Waals surface area contributed by atoms with Crippen LogP contribution in [0.1, 0.15) is 11.3 Å². The second-order valence-corrected chi connectivity index (χ2v) is 3.76. The number of aromatic nitrogens is 2. The highest BCUT2D eigenvalue weighted by molar-refractivity contribution is 5.54. The molecule has 0 aliphatic carbocycles. The molecule has 19 heavy (non-hydrogen) atoms. The lowest BCUT2D eigenvalue weighted by atomic mass is 10.2. The van der Waals surface area contributed by atoms with Gasteiger partial charge in [-0.2, -0.15) is 13.2 Å². The summed E-state index contributed by atoms with van der Waals surface area (Å²) in [7, 11) is 0. The van der Waals surface area contributed by atoms with E-state index >= 15 is 0 Å². The standard InChI is InChI=1S/C12H9F3N2O2/c13-12(14,15)9-8(6-18)11(19)17-10(16-9)7-4-2-1-3-5-7/h1-5,18H,6H2,(H,16,17,19). The maximum atomic E-state index is 12.8. The van der Waals surface area contributed by atoms with Crippen molar-refractivity contribution in [3.05, 3.63) is 51.9 Å². The molecule has 0 saturated carbocycles. The van der Waals surface area contributed by atoms with Crippen molar-refractivity contribution in [3.8, 4) is 11.4 Å². The molecule has 0 spiro atoms. The number of alkyl halides is 3. The number of nitrogens with one attached hydrogen (secondary N) is 1. The fraction of sp³-hybridized carbons (Fsp3) is 0.167. The van der Waals surface area contributed by atoms with Gasteiger partial charge in [-0.15, -0.1) is 0 Å². The zero-order valence-electron chi connectivity index (χ0n) is 9.53. The molecule has 100 valence electrons. The summed E-state index contributed by atoms with van der Waals surface area (Å²) < 4.78 is 38.4. The van der Waals surface area contributed by atoms with Gasteiger partial charge in [-0.05, 0) is 0 Å². The van der Waals surface area contributed by atoms with Crippen LogP contribution in [-0.2, 0) is 12.8 Å². The Morgan fingerprint density at radius 1 is 1.21 bits per heavy atom. The van der Waals surface area contributed by atoms with Crippen LogP contribution in [0.4, 0.5) is 13.2 Å². The zero-order valence-corrected chi connectivity index (χ0v) is 9.53. The summed E-state index contributed by atoms with van der Waals surface area (Å²) in [6.07, 6.45) is -4.80. The highest BCUT2D eigenvalue weighted by Crippen LogP contribution is 2.30. The third kappa shape index (κ3) is 2.65. The zero-order chi connectivity index (χ0) is 14.0. The molecule has 0 unspecified atom stereocenters. The fourth-order valence-electron chi connectivity index (χ4n) is 1.61. The Balaban J connectivity index is 2.68. The first-order valence-electron chi connectivity index (χ1n) is 5.30. The minimum Gasteiger partial charge on any atom is -0.391 e. The van der Waals surface area contributed by atoms with E-state index in [1.165, 1.54) is 12.1 Å². The normalized spacial score (nSPS) is 11.6. The van der Waals surface area contributed by atoms with Gasteiger partial charge in [0.15, 0.2) is 5.69 Å². The first-order chi connectivity index (χ1) is 8.93. The van der Waals surface area contributed by atoms with E-state index in [1.54, 1.807) is 18.2 Å². The average Bonchev–Trinajstić information content (AvgIpc) is 2.37. The maximum absolute atomic E-state index is 12.8. The van der Waals surface area contributed by atoms with Gasteiger partial charge in [-0.25, -0.2) is 4.98 Å². The van der Waals surface area contributed by atoms with Crippen LogP contribution < -0.4 is 5.56 Å². The molecule has 1 aromatic carbocycles. The number of H-pyrrole nitrogens is 1. The van der Waals surface area contributed by atoms with Gasteiger partial charge in [-0.3, -0.25) is 4.79 Å². The highest BCUT2D eigenvalue weighted by atomic mass is 19.4. The molecule has 7 heteroatoms. The summed E-state index contributed by atoms with van der Waals surface area (Å²) in [5.41, 5.74) is -2.79. The Kier molecular flexibility index (Phi) is 3.39. The summed E-state index contributed by atoms with van der Waals surface area (Å²) in [5, 5.41) is 8.86. The van der Waals surface area contributed by atoms with Crippen LogP contribution in [-0.4, -0.2) is 15.1 Å². The van der Waals surface area contributed by atoms with Crippen molar-refractivity contribution in [2.45, 2.75) is 12.8 Å². The molecule has 0 radical (unpaired) electrons. The van der Waals surface area contributed by atoms with Crippen LogP contribution in [0.25, 0.3) is 11.4 Å². The van der Waals surface area contributed by atoms with E-state index in [2.05, 4.69) is 9.97 Å². The van der Waals surface area contributed by atoms with E-state index in [4.69, 9.17) is 5.11 Å². The van der Waals surface area contributed by atoms with Crippen molar-refractivity contribution in [3.63, 3.8) is 0 Å². The van der Waals surface area contributed by atoms with E-state index < -0.39 is 29.6 Å². The number of hydrogen-bond acceptors (Lipinski definition) is 3. The third-order valence-electron chi connectivity index (χ3n) is 2.49. The second-order valence-electron chi connectivity index (χ2n) is 3.76. The van der Waals surface area contributed by atoms with E-state index in [0.29, 0.717) is 5.56 Å². The summed E-state index contributed by atoms with van der Waals surface area (Å²) >= 11 is 0. The van der Waals surface area contributed by atoms with Gasteiger partial charge in [0.2, 0.25) is 0 Å². The van der Waals surface area contributed by atoms with Crippen molar-refractivity contribution in [2.75, 3.05) is 0 Å². The smallest absolute Gasteiger partial charge is 0.391 e. The lowest BCUT2D eigenvalue weighted by Crippen LogP contribution is -2.24. The molecular weight excluding hydrogens is 261 g/mol. The van der Waals surface area contributed by atoms with Gasteiger partial charge in [-0.1, -0.05) is 30.3 Å². The third-order valence-corrected chi connectivity index (χ3v) is 2.49. The summed E-state index contributed by atoms with van der Waals surface area (Å²) in [4.78, 5) is 17.2. The van der Waals surface area contributed by atoms with Gasteiger partial charge in [0.25, 0.3) is 5.56 Å². The number of benzene rings is 1. The molecule has 1 heterocycles. The Morgan fingerprint density at radius 3 is 2.37 bits per heavy atom. The number of aliphatic hydroxyl groups is 1. The molecular formula is C12H9F3N2O2. The van der Waals surface area contributed by atoms with E-state index in [-0.39, 0.29) is 5.82 Å². The molecule has 4 nitrogen and oxygen atoms in total. The molecule has 2 rings (SSSR count). The first kappa shape index (κ1) is 13.3. The van der Waals surface area contributed by atoms with Crippen LogP contribution in [0.15, 0.2) is 35.1 Å². The minimum absolute atomic E-state index is 0.185. The van der Waals surface area contributed by atoms with Crippen molar-refractivity contribution in [1.29, 1.82) is 0 Å². The minimum atomic E-state index is -4.80. The lowest BCUT2D eigenvalue weighted by Gasteiger charge is -2.11. The quantitative estimate of drug-likeness (QED) is 0.876. The number of aromatic amines is 1. The Hall–Kier alpha value is -2.15. The topological polar surface area (TPSA) is 66.0 Å². The number of halogens is 3. The molecule has 0 amide bonds. The van der Waals surface area contributed by atoms with Crippen molar-refractivity contribution < 1.29 is 18.3 Å². The Labute approximate surface area is 105 Å². The summed E-state index contributed by atoms with van der Waals surface area (Å²) in [6.45, 7) is -1.02. The summed E-state index contributed by atoms with van der Waals surface area (Å²) in [6, 6.07) is 7.97. The molecule has 1 aromatic heterocycles. The predicted octanol–water partition coefficient (Wildman–Crippen LogP) is 1.95. The van der Waals surface area contributed by atoms with Crippen LogP contribution in [0.2, 0.25) is 0 Å². The highest BCUT2D eigenvalue weighted by Gasteiger charge is 2.37. The molecule has 0 saturated heterocycles. The Morgan fingerprint density at radius 2 is 1.84 bits per heavy atom. The molecule has 0 aliphatic rings.